The molecule has 2 aromatic rings. The average Bonchev–Trinajstić information content (AvgIpc) is 2.42. The van der Waals surface area contributed by atoms with Gasteiger partial charge in [0.15, 0.2) is 0 Å². The van der Waals surface area contributed by atoms with E-state index in [-0.39, 0.29) is 18.8 Å². The first-order valence-corrected chi connectivity index (χ1v) is 6.27. The summed E-state index contributed by atoms with van der Waals surface area (Å²) in [5, 5.41) is 28.0. The van der Waals surface area contributed by atoms with Gasteiger partial charge in [0, 0.05) is 17.8 Å². The second-order valence-electron chi connectivity index (χ2n) is 4.72. The molecule has 0 aliphatic heterocycles. The summed E-state index contributed by atoms with van der Waals surface area (Å²) in [7, 11) is 0. The number of hydrogen-bond donors (Lipinski definition) is 5. The van der Waals surface area contributed by atoms with E-state index in [1.165, 1.54) is 0 Å². The molecule has 0 aromatic heterocycles. The first-order chi connectivity index (χ1) is 9.51. The predicted molar refractivity (Wildman–Crippen MR) is 79.2 cm³/mol. The second-order valence-corrected chi connectivity index (χ2v) is 4.72. The fourth-order valence-electron chi connectivity index (χ4n) is 2.14. The van der Waals surface area contributed by atoms with Crippen LogP contribution in [0.1, 0.15) is 5.56 Å². The molecule has 5 heteroatoms. The van der Waals surface area contributed by atoms with Crippen LogP contribution in [-0.4, -0.2) is 28.0 Å². The normalized spacial score (nSPS) is 12.3. The summed E-state index contributed by atoms with van der Waals surface area (Å²) in [6.07, 6.45) is -0.643. The monoisotopic (exact) mass is 274 g/mol. The van der Waals surface area contributed by atoms with Crippen molar-refractivity contribution in [1.29, 1.82) is 0 Å². The zero-order valence-electron chi connectivity index (χ0n) is 11.0. The van der Waals surface area contributed by atoms with Crippen molar-refractivity contribution in [1.82, 2.24) is 0 Å². The highest BCUT2D eigenvalue weighted by atomic mass is 16.3. The van der Waals surface area contributed by atoms with Gasteiger partial charge in [0.05, 0.1) is 12.7 Å². The van der Waals surface area contributed by atoms with E-state index < -0.39 is 6.10 Å². The topological polar surface area (TPSA) is 113 Å². The molecule has 1 atom stereocenters. The lowest BCUT2D eigenvalue weighted by molar-refractivity contribution is 0.0957. The maximum absolute atomic E-state index is 9.64. The van der Waals surface area contributed by atoms with Gasteiger partial charge in [-0.3, -0.25) is 0 Å². The van der Waals surface area contributed by atoms with Crippen LogP contribution in [0.5, 0.6) is 5.75 Å². The smallest absolute Gasteiger partial charge is 0.115 e. The molecule has 0 saturated carbocycles. The Labute approximate surface area is 117 Å². The van der Waals surface area contributed by atoms with E-state index in [1.807, 2.05) is 0 Å². The Morgan fingerprint density at radius 2 is 1.70 bits per heavy atom. The molecule has 2 rings (SSSR count). The van der Waals surface area contributed by atoms with Gasteiger partial charge in [-0.25, -0.2) is 0 Å². The summed E-state index contributed by atoms with van der Waals surface area (Å²) in [6.45, 7) is -0.334. The minimum absolute atomic E-state index is 0.169. The van der Waals surface area contributed by atoms with Crippen LogP contribution in [0.3, 0.4) is 0 Å². The lowest BCUT2D eigenvalue weighted by atomic mass is 9.93. The number of hydrogen-bond acceptors (Lipinski definition) is 5. The first-order valence-electron chi connectivity index (χ1n) is 6.27. The molecule has 0 spiro atoms. The number of nitrogen functional groups attached to an aromatic ring is 2. The van der Waals surface area contributed by atoms with E-state index in [2.05, 4.69) is 0 Å². The van der Waals surface area contributed by atoms with E-state index in [0.29, 0.717) is 11.4 Å². The number of phenols is 1. The summed E-state index contributed by atoms with van der Waals surface area (Å²) >= 11 is 0. The van der Waals surface area contributed by atoms with Crippen molar-refractivity contribution in [2.45, 2.75) is 12.5 Å². The molecule has 106 valence electrons. The van der Waals surface area contributed by atoms with Crippen molar-refractivity contribution >= 4 is 11.4 Å². The number of nitrogens with two attached hydrogens (primary N) is 2. The van der Waals surface area contributed by atoms with E-state index in [0.717, 1.165) is 16.7 Å². The maximum Gasteiger partial charge on any atom is 0.115 e. The molecule has 7 N–H and O–H groups in total. The minimum atomic E-state index is -0.878. The maximum atomic E-state index is 9.64. The standard InChI is InChI=1S/C15H18N2O3/c16-10-5-13(9-1-3-11(19)4-2-9)14(15(17)6-10)7-12(20)8-18/h1-6,12,18-20H,7-8,16-17H2. The highest BCUT2D eigenvalue weighted by Crippen LogP contribution is 2.32. The largest absolute Gasteiger partial charge is 0.508 e. The van der Waals surface area contributed by atoms with E-state index in [4.69, 9.17) is 16.6 Å². The van der Waals surface area contributed by atoms with Gasteiger partial charge in [0.25, 0.3) is 0 Å². The number of rotatable bonds is 4. The van der Waals surface area contributed by atoms with Crippen molar-refractivity contribution in [2.75, 3.05) is 18.1 Å². The van der Waals surface area contributed by atoms with Crippen LogP contribution < -0.4 is 11.5 Å². The number of anilines is 2. The van der Waals surface area contributed by atoms with Gasteiger partial charge in [-0.05, 0) is 41.0 Å². The third kappa shape index (κ3) is 3.01. The van der Waals surface area contributed by atoms with E-state index in [9.17, 15) is 10.2 Å². The SMILES string of the molecule is Nc1cc(N)c(CC(O)CO)c(-c2ccc(O)cc2)c1. The van der Waals surface area contributed by atoms with Crippen LogP contribution in [0.2, 0.25) is 0 Å². The Balaban J connectivity index is 2.52. The van der Waals surface area contributed by atoms with Crippen LogP contribution in [0.15, 0.2) is 36.4 Å². The van der Waals surface area contributed by atoms with Crippen LogP contribution in [0, 0.1) is 0 Å². The summed E-state index contributed by atoms with van der Waals surface area (Å²) < 4.78 is 0. The molecule has 0 aliphatic rings. The van der Waals surface area contributed by atoms with Crippen molar-refractivity contribution in [3.8, 4) is 16.9 Å². The number of aromatic hydroxyl groups is 1. The molecule has 20 heavy (non-hydrogen) atoms. The lowest BCUT2D eigenvalue weighted by Crippen LogP contribution is -2.17. The second kappa shape index (κ2) is 5.81. The predicted octanol–water partition coefficient (Wildman–Crippen LogP) is 1.12. The summed E-state index contributed by atoms with van der Waals surface area (Å²) in [5.41, 5.74) is 15.1. The Morgan fingerprint density at radius 1 is 1.05 bits per heavy atom. The fraction of sp³-hybridized carbons (Fsp3) is 0.200. The average molecular weight is 274 g/mol. The summed E-state index contributed by atoms with van der Waals surface area (Å²) in [6, 6.07) is 10.0. The van der Waals surface area contributed by atoms with Gasteiger partial charge in [0.2, 0.25) is 0 Å². The molecule has 0 aliphatic carbocycles. The molecule has 0 amide bonds. The molecule has 1 unspecified atom stereocenters. The van der Waals surface area contributed by atoms with Crippen molar-refractivity contribution < 1.29 is 15.3 Å². The van der Waals surface area contributed by atoms with Gasteiger partial charge in [-0.2, -0.15) is 0 Å². The molecule has 0 bridgehead atoms. The molecule has 0 saturated heterocycles. The van der Waals surface area contributed by atoms with Gasteiger partial charge < -0.3 is 26.8 Å². The van der Waals surface area contributed by atoms with Gasteiger partial charge in [-0.15, -0.1) is 0 Å². The number of phenolic OH excluding ortho intramolecular Hbond substituents is 1. The summed E-state index contributed by atoms with van der Waals surface area (Å²) in [4.78, 5) is 0. The zero-order valence-corrected chi connectivity index (χ0v) is 11.0. The molecule has 0 radical (unpaired) electrons. The number of aliphatic hydroxyl groups is 2. The molecule has 0 fully saturated rings. The van der Waals surface area contributed by atoms with Crippen LogP contribution in [0.4, 0.5) is 11.4 Å². The van der Waals surface area contributed by atoms with Gasteiger partial charge in [0.1, 0.15) is 5.75 Å². The third-order valence-electron chi connectivity index (χ3n) is 3.14. The zero-order chi connectivity index (χ0) is 14.7. The van der Waals surface area contributed by atoms with E-state index >= 15 is 0 Å². The number of aliphatic hydroxyl groups excluding tert-OH is 2. The fourth-order valence-corrected chi connectivity index (χ4v) is 2.14. The van der Waals surface area contributed by atoms with Crippen molar-refractivity contribution in [3.63, 3.8) is 0 Å². The number of benzene rings is 2. The molecule has 0 heterocycles. The Hall–Kier alpha value is -2.24. The van der Waals surface area contributed by atoms with Crippen LogP contribution in [0.25, 0.3) is 11.1 Å². The summed E-state index contributed by atoms with van der Waals surface area (Å²) in [5.74, 6) is 0.169. The molecular formula is C15H18N2O3. The molecule has 5 nitrogen and oxygen atoms in total. The Kier molecular flexibility index (Phi) is 4.12. The molecule has 2 aromatic carbocycles. The Morgan fingerprint density at radius 3 is 2.30 bits per heavy atom. The van der Waals surface area contributed by atoms with Crippen LogP contribution in [-0.2, 0) is 6.42 Å². The highest BCUT2D eigenvalue weighted by molar-refractivity contribution is 5.77. The van der Waals surface area contributed by atoms with E-state index in [1.54, 1.807) is 36.4 Å². The quantitative estimate of drug-likeness (QED) is 0.536. The molecular weight excluding hydrogens is 256 g/mol. The lowest BCUT2D eigenvalue weighted by Gasteiger charge is -2.16. The van der Waals surface area contributed by atoms with Gasteiger partial charge in [-0.1, -0.05) is 12.1 Å². The Bertz CT molecular complexity index is 597. The van der Waals surface area contributed by atoms with Crippen LogP contribution >= 0.6 is 0 Å². The van der Waals surface area contributed by atoms with Gasteiger partial charge >= 0.3 is 0 Å². The first kappa shape index (κ1) is 14.2. The third-order valence-corrected chi connectivity index (χ3v) is 3.14. The minimum Gasteiger partial charge on any atom is -0.508 e. The van der Waals surface area contributed by atoms with Crippen molar-refractivity contribution in [3.05, 3.63) is 42.0 Å². The van der Waals surface area contributed by atoms with Crippen molar-refractivity contribution in [2.24, 2.45) is 0 Å². The highest BCUT2D eigenvalue weighted by Gasteiger charge is 2.14.